The maximum absolute atomic E-state index is 9.10. The number of carboxylic acid groups (broad SMARTS) is 2. The Bertz CT molecular complexity index is 272. The van der Waals surface area contributed by atoms with Crippen molar-refractivity contribution in [3.05, 3.63) is 0 Å². The van der Waals surface area contributed by atoms with Crippen molar-refractivity contribution in [1.29, 1.82) is 0 Å². The third-order valence-corrected chi connectivity index (χ3v) is 0.183. The molecule has 8 nitrogen and oxygen atoms in total. The van der Waals surface area contributed by atoms with Crippen molar-refractivity contribution in [2.45, 2.75) is 0 Å². The topological polar surface area (TPSA) is 146 Å². The normalized spacial score (nSPS) is 7.77. The summed E-state index contributed by atoms with van der Waals surface area (Å²) in [5, 5.41) is 14.8. The molecule has 0 aromatic rings. The van der Waals surface area contributed by atoms with Gasteiger partial charge in [0.25, 0.3) is 0 Å². The molecule has 0 atom stereocenters. The molecule has 0 heterocycles. The molecule has 13 heavy (non-hydrogen) atoms. The molecule has 0 rings (SSSR count). The summed E-state index contributed by atoms with van der Waals surface area (Å²) < 4.78 is 33.1. The van der Waals surface area contributed by atoms with Gasteiger partial charge in [-0.05, 0) is 0 Å². The number of hydrogen-bond donors (Lipinski definition) is 3. The summed E-state index contributed by atoms with van der Waals surface area (Å²) in [5.41, 5.74) is 0. The van der Waals surface area contributed by atoms with E-state index in [1.807, 2.05) is 0 Å². The zero-order valence-electron chi connectivity index (χ0n) is 4.76. The molecule has 0 bridgehead atoms. The predicted molar refractivity (Wildman–Crippen MR) is 33.8 cm³/mol. The summed E-state index contributed by atoms with van der Waals surface area (Å²) >= 11 is -5.38. The van der Waals surface area contributed by atoms with Gasteiger partial charge in [-0.25, -0.2) is 9.59 Å². The van der Waals surface area contributed by atoms with Crippen LogP contribution in [0.5, 0.6) is 0 Å². The summed E-state index contributed by atoms with van der Waals surface area (Å²) in [7, 11) is 0. The molecular formula is C2H5KMnNaO8. The Morgan fingerprint density at radius 2 is 1.00 bits per heavy atom. The Hall–Kier alpha value is 1.46. The van der Waals surface area contributed by atoms with Crippen LogP contribution >= 0.6 is 0 Å². The molecule has 0 saturated heterocycles. The molecule has 0 saturated carbocycles. The molecular weight excluding hydrogens is 269 g/mol. The van der Waals surface area contributed by atoms with E-state index < -0.39 is 24.9 Å². The number of carbonyl (C=O) groups is 2. The molecule has 0 spiro atoms. The van der Waals surface area contributed by atoms with Gasteiger partial charge in [-0.2, -0.15) is 0 Å². The van der Waals surface area contributed by atoms with Gasteiger partial charge in [-0.15, -0.1) is 0 Å². The zero-order valence-corrected chi connectivity index (χ0v) is 5.94. The Labute approximate surface area is 139 Å². The number of rotatable bonds is 0. The molecule has 0 aliphatic rings. The van der Waals surface area contributed by atoms with Gasteiger partial charge < -0.3 is 10.2 Å². The fourth-order valence-corrected chi connectivity index (χ4v) is 0. The second kappa shape index (κ2) is 11.5. The van der Waals surface area contributed by atoms with E-state index >= 15 is 0 Å². The van der Waals surface area contributed by atoms with E-state index in [0.29, 0.717) is 0 Å². The fraction of sp³-hybridized carbons (Fsp3) is 0. The summed E-state index contributed by atoms with van der Waals surface area (Å²) in [6.07, 6.45) is 0. The van der Waals surface area contributed by atoms with Crippen LogP contribution in [0.1, 0.15) is 0 Å². The van der Waals surface area contributed by atoms with Crippen LogP contribution in [0.25, 0.3) is 0 Å². The molecule has 0 amide bonds. The predicted octanol–water partition coefficient (Wildman–Crippen LogP) is -3.06. The van der Waals surface area contributed by atoms with E-state index in [1.165, 1.54) is 0 Å². The summed E-state index contributed by atoms with van der Waals surface area (Å²) in [6, 6.07) is 0. The van der Waals surface area contributed by atoms with Crippen LogP contribution in [-0.2, 0) is 34.1 Å². The van der Waals surface area contributed by atoms with Crippen molar-refractivity contribution in [3.8, 4) is 0 Å². The van der Waals surface area contributed by atoms with Crippen LogP contribution in [0, 0.1) is 0 Å². The van der Waals surface area contributed by atoms with Crippen molar-refractivity contribution in [3.63, 3.8) is 0 Å². The molecule has 0 aliphatic heterocycles. The standard InChI is InChI=1S/C2H2O4.K.Mn.Na.H2O.3O.2H/c3-1(4)2(5)6;;;;;;;;;/h(H,3,4)(H,5,6);;;;1H2;;;;;/q;;+1;;;;;;;/p-1. The van der Waals surface area contributed by atoms with Gasteiger partial charge in [0.15, 0.2) is 0 Å². The van der Waals surface area contributed by atoms with Crippen molar-refractivity contribution in [2.24, 2.45) is 0 Å². The van der Waals surface area contributed by atoms with Gasteiger partial charge in [0.1, 0.15) is 0 Å². The molecule has 0 fully saturated rings. The average Bonchev–Trinajstić information content (AvgIpc) is 1.59. The summed E-state index contributed by atoms with van der Waals surface area (Å²) in [6.45, 7) is 0. The molecule has 0 radical (unpaired) electrons. The zero-order chi connectivity index (χ0) is 9.65. The van der Waals surface area contributed by atoms with Gasteiger partial charge in [0.2, 0.25) is 0 Å². The van der Waals surface area contributed by atoms with Crippen LogP contribution in [-0.4, -0.2) is 107 Å². The number of hydrogen-bond acceptors (Lipinski definition) is 5. The van der Waals surface area contributed by atoms with E-state index in [2.05, 4.69) is 0 Å². The second-order valence-electron chi connectivity index (χ2n) is 1.01. The monoisotopic (exact) mass is 274 g/mol. The van der Waals surface area contributed by atoms with Gasteiger partial charge in [-0.1, -0.05) is 0 Å². The molecule has 0 aromatic carbocycles. The summed E-state index contributed by atoms with van der Waals surface area (Å²) in [5.74, 6) is -3.65. The maximum atomic E-state index is 9.10. The minimum atomic E-state index is -5.38. The van der Waals surface area contributed by atoms with Gasteiger partial charge >= 0.3 is 122 Å². The van der Waals surface area contributed by atoms with E-state index in [0.717, 1.165) is 0 Å². The minimum absolute atomic E-state index is 0. The van der Waals surface area contributed by atoms with Gasteiger partial charge in [-0.3, -0.25) is 0 Å². The second-order valence-corrected chi connectivity index (χ2v) is 2.24. The first-order valence-electron chi connectivity index (χ1n) is 1.74. The van der Waals surface area contributed by atoms with Crippen molar-refractivity contribution < 1.29 is 48.5 Å². The van der Waals surface area contributed by atoms with E-state index in [9.17, 15) is 0 Å². The van der Waals surface area contributed by atoms with Gasteiger partial charge in [0.05, 0.1) is 0 Å². The molecule has 11 heteroatoms. The van der Waals surface area contributed by atoms with E-state index in [-0.39, 0.29) is 80.9 Å². The Kier molecular flexibility index (Phi) is 21.2. The van der Waals surface area contributed by atoms with Crippen molar-refractivity contribution >= 4 is 92.9 Å². The first kappa shape index (κ1) is 23.9. The molecule has 0 aromatic heterocycles. The van der Waals surface area contributed by atoms with E-state index in [1.54, 1.807) is 0 Å². The van der Waals surface area contributed by atoms with Gasteiger partial charge in [0, 0.05) is 0 Å². The number of carboxylic acids is 2. The van der Waals surface area contributed by atoms with Crippen molar-refractivity contribution in [2.75, 3.05) is 0 Å². The first-order valence-corrected chi connectivity index (χ1v) is 3.71. The Morgan fingerprint density at radius 1 is 0.923 bits per heavy atom. The summed E-state index contributed by atoms with van der Waals surface area (Å²) in [4.78, 5) is 18.2. The van der Waals surface area contributed by atoms with Crippen LogP contribution in [0.2, 0.25) is 0 Å². The third-order valence-electron chi connectivity index (χ3n) is 0.183. The third kappa shape index (κ3) is 59.3. The SMILES string of the molecule is O=C(O)C(=O)O.[KH].[NaH].[O]=[Mn](=[O])(=[O])[OH]. The van der Waals surface area contributed by atoms with Crippen LogP contribution in [0.15, 0.2) is 0 Å². The first-order chi connectivity index (χ1) is 4.64. The fourth-order valence-electron chi connectivity index (χ4n) is 0. The Balaban J connectivity index is -0.0000000546. The average molecular weight is 274 g/mol. The van der Waals surface area contributed by atoms with Crippen LogP contribution in [0.4, 0.5) is 0 Å². The van der Waals surface area contributed by atoms with Crippen LogP contribution < -0.4 is 0 Å². The Morgan fingerprint density at radius 3 is 1.00 bits per heavy atom. The molecule has 70 valence electrons. The van der Waals surface area contributed by atoms with E-state index in [4.69, 9.17) is 35.5 Å². The van der Waals surface area contributed by atoms with Crippen LogP contribution in [0.3, 0.4) is 0 Å². The van der Waals surface area contributed by atoms with Crippen molar-refractivity contribution in [1.82, 2.24) is 0 Å². The molecule has 3 N–H and O–H groups in total. The molecule has 0 aliphatic carbocycles. The quantitative estimate of drug-likeness (QED) is 0.312. The molecule has 0 unspecified atom stereocenters. The number of aliphatic carboxylic acids is 2.